The minimum Gasteiger partial charge on any atom is -0.327 e. The second-order valence-electron chi connectivity index (χ2n) is 6.87. The molecule has 5 heteroatoms. The van der Waals surface area contributed by atoms with Gasteiger partial charge in [0.1, 0.15) is 0 Å². The highest BCUT2D eigenvalue weighted by molar-refractivity contribution is 6.01. The molecule has 2 heterocycles. The molecule has 1 aliphatic rings. The van der Waals surface area contributed by atoms with Crippen LogP contribution < -0.4 is 0 Å². The smallest absolute Gasteiger partial charge is 0.255 e. The Morgan fingerprint density at radius 1 is 1.33 bits per heavy atom. The van der Waals surface area contributed by atoms with Gasteiger partial charge in [-0.2, -0.15) is 10.4 Å². The van der Waals surface area contributed by atoms with E-state index in [4.69, 9.17) is 0 Å². The van der Waals surface area contributed by atoms with E-state index in [-0.39, 0.29) is 11.9 Å². The lowest BCUT2D eigenvalue weighted by molar-refractivity contribution is 0.0729. The predicted octanol–water partition coefficient (Wildman–Crippen LogP) is 4.05. The molecule has 0 saturated carbocycles. The Labute approximate surface area is 158 Å². The maximum absolute atomic E-state index is 13.0. The molecule has 134 valence electrons. The molecule has 1 amide bonds. The van der Waals surface area contributed by atoms with Crippen LogP contribution in [0.15, 0.2) is 54.7 Å². The lowest BCUT2D eigenvalue weighted by Gasteiger charge is -2.25. The lowest BCUT2D eigenvalue weighted by atomic mass is 9.96. The zero-order valence-electron chi connectivity index (χ0n) is 15.4. The van der Waals surface area contributed by atoms with Crippen molar-refractivity contribution in [2.75, 3.05) is 0 Å². The highest BCUT2D eigenvalue weighted by Gasteiger charge is 2.34. The molecule has 0 radical (unpaired) electrons. The van der Waals surface area contributed by atoms with Gasteiger partial charge in [-0.15, -0.1) is 0 Å². The zero-order chi connectivity index (χ0) is 19.1. The molecule has 4 rings (SSSR count). The number of amides is 1. The van der Waals surface area contributed by atoms with Crippen LogP contribution in [0.4, 0.5) is 0 Å². The van der Waals surface area contributed by atoms with E-state index in [1.54, 1.807) is 4.90 Å². The molecule has 27 heavy (non-hydrogen) atoms. The van der Waals surface area contributed by atoms with Gasteiger partial charge in [0.15, 0.2) is 0 Å². The van der Waals surface area contributed by atoms with E-state index in [0.717, 1.165) is 27.6 Å². The van der Waals surface area contributed by atoms with Crippen molar-refractivity contribution < 1.29 is 4.79 Å². The number of nitrogens with zero attached hydrogens (tertiary/aromatic N) is 4. The summed E-state index contributed by atoms with van der Waals surface area (Å²) in [5.41, 5.74) is 5.30. The third-order valence-electron chi connectivity index (χ3n) is 5.36. The van der Waals surface area contributed by atoms with E-state index in [2.05, 4.69) is 35.9 Å². The molecule has 1 aromatic heterocycles. The Morgan fingerprint density at radius 3 is 2.85 bits per heavy atom. The first-order valence-corrected chi connectivity index (χ1v) is 8.99. The molecule has 0 aliphatic carbocycles. The highest BCUT2D eigenvalue weighted by Crippen LogP contribution is 2.35. The Hall–Kier alpha value is -3.39. The molecule has 0 spiro atoms. The zero-order valence-corrected chi connectivity index (χ0v) is 15.4. The molecule has 0 bridgehead atoms. The number of aromatic nitrogens is 2. The summed E-state index contributed by atoms with van der Waals surface area (Å²) in [5.74, 6) is -0.0308. The summed E-state index contributed by atoms with van der Waals surface area (Å²) in [6, 6.07) is 13.9. The van der Waals surface area contributed by atoms with Gasteiger partial charge in [-0.1, -0.05) is 37.8 Å². The third kappa shape index (κ3) is 2.61. The fourth-order valence-electron chi connectivity index (χ4n) is 3.92. The topological polar surface area (TPSA) is 61.9 Å². The van der Waals surface area contributed by atoms with Gasteiger partial charge in [0, 0.05) is 30.1 Å². The Balaban J connectivity index is 1.80. The first-order valence-electron chi connectivity index (χ1n) is 8.99. The van der Waals surface area contributed by atoms with Gasteiger partial charge in [-0.3, -0.25) is 9.48 Å². The number of benzene rings is 2. The van der Waals surface area contributed by atoms with Crippen molar-refractivity contribution in [1.82, 2.24) is 14.7 Å². The molecular weight excluding hydrogens is 336 g/mol. The Bertz CT molecular complexity index is 1120. The molecule has 2 aromatic carbocycles. The average Bonchev–Trinajstić information content (AvgIpc) is 3.22. The first kappa shape index (κ1) is 17.0. The van der Waals surface area contributed by atoms with E-state index >= 15 is 0 Å². The third-order valence-corrected chi connectivity index (χ3v) is 5.36. The van der Waals surface area contributed by atoms with Crippen molar-refractivity contribution in [3.05, 3.63) is 65.9 Å². The lowest BCUT2D eigenvalue weighted by Crippen LogP contribution is -2.36. The molecular formula is C22H20N4O. The second-order valence-corrected chi connectivity index (χ2v) is 6.87. The maximum Gasteiger partial charge on any atom is 0.255 e. The summed E-state index contributed by atoms with van der Waals surface area (Å²) in [7, 11) is 1.92. The fraction of sp³-hybridized carbons (Fsp3) is 0.227. The van der Waals surface area contributed by atoms with Crippen LogP contribution >= 0.6 is 0 Å². The van der Waals surface area contributed by atoms with Gasteiger partial charge < -0.3 is 4.90 Å². The number of nitriles is 1. The SMILES string of the molecule is C=C(C#N)C(CC)N1Cc2c(cccc2-c2ccc3cnn(C)c3c2)C1=O. The van der Waals surface area contributed by atoms with Crippen LogP contribution in [-0.2, 0) is 13.6 Å². The minimum atomic E-state index is -0.262. The molecule has 3 aromatic rings. The van der Waals surface area contributed by atoms with E-state index in [1.807, 2.05) is 43.0 Å². The molecule has 1 unspecified atom stereocenters. The second kappa shape index (κ2) is 6.40. The van der Waals surface area contributed by atoms with Crippen molar-refractivity contribution in [2.45, 2.75) is 25.9 Å². The van der Waals surface area contributed by atoms with Crippen molar-refractivity contribution in [3.63, 3.8) is 0 Å². The molecule has 0 saturated heterocycles. The van der Waals surface area contributed by atoms with Gasteiger partial charge in [-0.25, -0.2) is 0 Å². The number of aryl methyl sites for hydroxylation is 1. The number of hydrogen-bond acceptors (Lipinski definition) is 3. The summed E-state index contributed by atoms with van der Waals surface area (Å²) in [6.07, 6.45) is 2.52. The molecule has 0 N–H and O–H groups in total. The van der Waals surface area contributed by atoms with E-state index in [1.165, 1.54) is 0 Å². The van der Waals surface area contributed by atoms with E-state index in [0.29, 0.717) is 24.1 Å². The van der Waals surface area contributed by atoms with Gasteiger partial charge >= 0.3 is 0 Å². The van der Waals surface area contributed by atoms with Crippen molar-refractivity contribution >= 4 is 16.8 Å². The van der Waals surface area contributed by atoms with Crippen LogP contribution in [0.5, 0.6) is 0 Å². The molecule has 1 atom stereocenters. The maximum atomic E-state index is 13.0. The van der Waals surface area contributed by atoms with Crippen LogP contribution in [0.25, 0.3) is 22.0 Å². The van der Waals surface area contributed by atoms with Crippen LogP contribution in [-0.4, -0.2) is 26.6 Å². The van der Waals surface area contributed by atoms with E-state index in [9.17, 15) is 10.1 Å². The average molecular weight is 356 g/mol. The van der Waals surface area contributed by atoms with Gasteiger partial charge in [0.25, 0.3) is 5.91 Å². The molecule has 1 aliphatic heterocycles. The van der Waals surface area contributed by atoms with Gasteiger partial charge in [-0.05, 0) is 35.2 Å². The number of hydrogen-bond donors (Lipinski definition) is 0. The van der Waals surface area contributed by atoms with Gasteiger partial charge in [0.2, 0.25) is 0 Å². The van der Waals surface area contributed by atoms with E-state index < -0.39 is 0 Å². The minimum absolute atomic E-state index is 0.0308. The number of carbonyl (C=O) groups excluding carboxylic acids is 1. The monoisotopic (exact) mass is 356 g/mol. The predicted molar refractivity (Wildman–Crippen MR) is 105 cm³/mol. The van der Waals surface area contributed by atoms with Crippen LogP contribution in [0.2, 0.25) is 0 Å². The largest absolute Gasteiger partial charge is 0.327 e. The molecule has 5 nitrogen and oxygen atoms in total. The summed E-state index contributed by atoms with van der Waals surface area (Å²) in [6.45, 7) is 6.31. The van der Waals surface area contributed by atoms with Gasteiger partial charge in [0.05, 0.1) is 23.8 Å². The normalized spacial score (nSPS) is 14.3. The van der Waals surface area contributed by atoms with Crippen molar-refractivity contribution in [3.8, 4) is 17.2 Å². The number of fused-ring (bicyclic) bond motifs is 2. The summed E-state index contributed by atoms with van der Waals surface area (Å²) >= 11 is 0. The van der Waals surface area contributed by atoms with Crippen molar-refractivity contribution in [2.24, 2.45) is 7.05 Å². The van der Waals surface area contributed by atoms with Crippen LogP contribution in [0.1, 0.15) is 29.3 Å². The number of rotatable bonds is 4. The summed E-state index contributed by atoms with van der Waals surface area (Å²) < 4.78 is 1.85. The summed E-state index contributed by atoms with van der Waals surface area (Å²) in [5, 5.41) is 14.6. The quantitative estimate of drug-likeness (QED) is 0.663. The van der Waals surface area contributed by atoms with Crippen LogP contribution in [0, 0.1) is 11.3 Å². The Kier molecular flexibility index (Phi) is 4.04. The van der Waals surface area contributed by atoms with Crippen LogP contribution in [0.3, 0.4) is 0 Å². The first-order chi connectivity index (χ1) is 13.0. The molecule has 0 fully saturated rings. The summed E-state index contributed by atoms with van der Waals surface area (Å²) in [4.78, 5) is 14.8. The number of carbonyl (C=O) groups is 1. The highest BCUT2D eigenvalue weighted by atomic mass is 16.2. The standard InChI is InChI=1S/C22H20N4O/c1-4-20(14(2)11-23)26-13-19-17(6-5-7-18(19)22(26)27)15-8-9-16-12-24-25(3)21(16)10-15/h5-10,12,20H,2,4,13H2,1,3H3. The fourth-order valence-corrected chi connectivity index (χ4v) is 3.92. The Morgan fingerprint density at radius 2 is 2.11 bits per heavy atom. The van der Waals surface area contributed by atoms with Crippen molar-refractivity contribution in [1.29, 1.82) is 5.26 Å².